The summed E-state index contributed by atoms with van der Waals surface area (Å²) >= 11 is 0. The van der Waals surface area contributed by atoms with Gasteiger partial charge in [-0.25, -0.2) is 5.01 Å². The van der Waals surface area contributed by atoms with Crippen LogP contribution in [0.2, 0.25) is 0 Å². The summed E-state index contributed by atoms with van der Waals surface area (Å²) < 4.78 is 0. The van der Waals surface area contributed by atoms with E-state index in [0.29, 0.717) is 12.8 Å². The first-order valence-electron chi connectivity index (χ1n) is 10.9. The minimum absolute atomic E-state index is 0.0496. The van der Waals surface area contributed by atoms with Crippen LogP contribution in [0.5, 0.6) is 0 Å². The zero-order valence-corrected chi connectivity index (χ0v) is 18.4. The smallest absolute Gasteiger partial charge is 0.273 e. The van der Waals surface area contributed by atoms with Crippen LogP contribution in [0.1, 0.15) is 46.4 Å². The first-order chi connectivity index (χ1) is 16.7. The van der Waals surface area contributed by atoms with Crippen molar-refractivity contribution in [1.29, 1.82) is 0 Å². The van der Waals surface area contributed by atoms with E-state index in [2.05, 4.69) is 0 Å². The highest BCUT2D eigenvalue weighted by molar-refractivity contribution is 6.09. The minimum atomic E-state index is -0.851. The fourth-order valence-corrected chi connectivity index (χ4v) is 4.49. The fraction of sp³-hybridized carbons (Fsp3) is 0.304. The van der Waals surface area contributed by atoms with Crippen molar-refractivity contribution < 1.29 is 29.0 Å². The molecule has 1 saturated heterocycles. The SMILES string of the molecule is O=C(CN(C(=O)c1ccc([N+](=O)[O-])cc1)N1C(=O)[C@@H]2CCCC[C@H]2C1=O)c1ccc([N+](=O)[O-])cc1. The Morgan fingerprint density at radius 3 is 1.66 bits per heavy atom. The third-order valence-electron chi connectivity index (χ3n) is 6.31. The van der Waals surface area contributed by atoms with Gasteiger partial charge in [-0.2, -0.15) is 5.01 Å². The lowest BCUT2D eigenvalue weighted by molar-refractivity contribution is -0.385. The second kappa shape index (κ2) is 9.41. The Hall–Kier alpha value is -4.48. The van der Waals surface area contributed by atoms with Crippen molar-refractivity contribution in [3.05, 3.63) is 79.9 Å². The van der Waals surface area contributed by atoms with Crippen LogP contribution in [0.15, 0.2) is 48.5 Å². The van der Waals surface area contributed by atoms with Crippen LogP contribution in [-0.2, 0) is 9.59 Å². The largest absolute Gasteiger partial charge is 0.292 e. The van der Waals surface area contributed by atoms with Gasteiger partial charge >= 0.3 is 0 Å². The van der Waals surface area contributed by atoms with E-state index in [1.807, 2.05) is 0 Å². The number of rotatable bonds is 7. The van der Waals surface area contributed by atoms with Gasteiger partial charge in [-0.1, -0.05) is 12.8 Å². The van der Waals surface area contributed by atoms with Crippen LogP contribution in [0, 0.1) is 32.1 Å². The molecule has 3 amide bonds. The maximum absolute atomic E-state index is 13.4. The highest BCUT2D eigenvalue weighted by Crippen LogP contribution is 2.39. The van der Waals surface area contributed by atoms with Gasteiger partial charge in [0, 0.05) is 35.4 Å². The molecule has 2 aliphatic rings. The van der Waals surface area contributed by atoms with E-state index in [9.17, 15) is 39.4 Å². The van der Waals surface area contributed by atoms with Crippen LogP contribution in [-0.4, -0.2) is 49.9 Å². The van der Waals surface area contributed by atoms with Crippen molar-refractivity contribution in [3.8, 4) is 0 Å². The van der Waals surface area contributed by atoms with Gasteiger partial charge in [-0.3, -0.25) is 39.4 Å². The number of hydrogen-bond acceptors (Lipinski definition) is 8. The molecule has 2 atom stereocenters. The Morgan fingerprint density at radius 1 is 0.800 bits per heavy atom. The number of nitro benzene ring substituents is 2. The van der Waals surface area contributed by atoms with Crippen LogP contribution in [0.3, 0.4) is 0 Å². The average molecular weight is 480 g/mol. The molecule has 2 aromatic rings. The molecule has 0 bridgehead atoms. The third kappa shape index (κ3) is 4.50. The van der Waals surface area contributed by atoms with Crippen molar-refractivity contribution in [1.82, 2.24) is 10.0 Å². The second-order valence-electron chi connectivity index (χ2n) is 8.38. The Bertz CT molecular complexity index is 1200. The fourth-order valence-electron chi connectivity index (χ4n) is 4.49. The molecule has 35 heavy (non-hydrogen) atoms. The highest BCUT2D eigenvalue weighted by atomic mass is 16.6. The molecule has 0 aromatic heterocycles. The normalized spacial score (nSPS) is 19.3. The molecule has 1 saturated carbocycles. The number of benzene rings is 2. The molecular formula is C23H20N4O8. The molecule has 0 unspecified atom stereocenters. The zero-order chi connectivity index (χ0) is 25.3. The first-order valence-corrected chi connectivity index (χ1v) is 10.9. The summed E-state index contributed by atoms with van der Waals surface area (Å²) in [6, 6.07) is 9.30. The lowest BCUT2D eigenvalue weighted by Gasteiger charge is -2.30. The van der Waals surface area contributed by atoms with Gasteiger partial charge in [0.2, 0.25) is 0 Å². The number of nitrogens with zero attached hydrogens (tertiary/aromatic N) is 4. The van der Waals surface area contributed by atoms with Gasteiger partial charge in [0.05, 0.1) is 21.7 Å². The molecule has 0 N–H and O–H groups in total. The summed E-state index contributed by atoms with van der Waals surface area (Å²) in [7, 11) is 0. The molecule has 0 radical (unpaired) electrons. The van der Waals surface area contributed by atoms with Crippen molar-refractivity contribution in [2.45, 2.75) is 25.7 Å². The summed E-state index contributed by atoms with van der Waals surface area (Å²) in [5, 5.41) is 23.3. The number of imide groups is 1. The predicted molar refractivity (Wildman–Crippen MR) is 119 cm³/mol. The van der Waals surface area contributed by atoms with Crippen molar-refractivity contribution in [2.24, 2.45) is 11.8 Å². The summed E-state index contributed by atoms with van der Waals surface area (Å²) in [5.41, 5.74) is -0.486. The number of carbonyl (C=O) groups excluding carboxylic acids is 4. The number of nitro groups is 2. The molecule has 180 valence electrons. The molecule has 0 spiro atoms. The highest BCUT2D eigenvalue weighted by Gasteiger charge is 2.51. The van der Waals surface area contributed by atoms with Gasteiger partial charge in [0.25, 0.3) is 29.1 Å². The summed E-state index contributed by atoms with van der Waals surface area (Å²) in [5.74, 6) is -3.77. The van der Waals surface area contributed by atoms with Gasteiger partial charge < -0.3 is 0 Å². The number of fused-ring (bicyclic) bond motifs is 1. The van der Waals surface area contributed by atoms with E-state index >= 15 is 0 Å². The van der Waals surface area contributed by atoms with Crippen LogP contribution in [0.4, 0.5) is 11.4 Å². The number of carbonyl (C=O) groups is 4. The molecule has 2 aromatic carbocycles. The Kier molecular flexibility index (Phi) is 6.36. The number of Topliss-reactive ketones (excluding diaryl/α,β-unsaturated/α-hetero) is 1. The van der Waals surface area contributed by atoms with Gasteiger partial charge in [0.15, 0.2) is 5.78 Å². The number of ketones is 1. The lowest BCUT2D eigenvalue weighted by atomic mass is 9.81. The first kappa shape index (κ1) is 23.7. The molecule has 2 fully saturated rings. The summed E-state index contributed by atoms with van der Waals surface area (Å²) in [4.78, 5) is 73.2. The molecule has 12 heteroatoms. The van der Waals surface area contributed by atoms with Gasteiger partial charge in [0.1, 0.15) is 6.54 Å². The Labute approximate surface area is 198 Å². The van der Waals surface area contributed by atoms with E-state index in [4.69, 9.17) is 0 Å². The van der Waals surface area contributed by atoms with Gasteiger partial charge in [-0.15, -0.1) is 0 Å². The van der Waals surface area contributed by atoms with E-state index < -0.39 is 51.7 Å². The number of amides is 3. The van der Waals surface area contributed by atoms with Crippen molar-refractivity contribution in [2.75, 3.05) is 6.54 Å². The van der Waals surface area contributed by atoms with E-state index in [1.165, 1.54) is 24.3 Å². The van der Waals surface area contributed by atoms with Crippen molar-refractivity contribution in [3.63, 3.8) is 0 Å². The number of hydrazine groups is 1. The molecule has 1 heterocycles. The Morgan fingerprint density at radius 2 is 1.23 bits per heavy atom. The summed E-state index contributed by atoms with van der Waals surface area (Å²) in [6.07, 6.45) is 2.54. The van der Waals surface area contributed by atoms with Gasteiger partial charge in [-0.05, 0) is 37.1 Å². The quantitative estimate of drug-likeness (QED) is 0.253. The van der Waals surface area contributed by atoms with E-state index in [-0.39, 0.29) is 22.5 Å². The topological polar surface area (TPSA) is 161 Å². The zero-order valence-electron chi connectivity index (χ0n) is 18.4. The maximum atomic E-state index is 13.4. The molecule has 1 aliphatic carbocycles. The van der Waals surface area contributed by atoms with E-state index in [0.717, 1.165) is 47.1 Å². The maximum Gasteiger partial charge on any atom is 0.273 e. The number of non-ortho nitro benzene ring substituents is 2. The lowest BCUT2D eigenvalue weighted by Crippen LogP contribution is -2.52. The van der Waals surface area contributed by atoms with Crippen LogP contribution >= 0.6 is 0 Å². The monoisotopic (exact) mass is 480 g/mol. The second-order valence-corrected chi connectivity index (χ2v) is 8.38. The molecule has 12 nitrogen and oxygen atoms in total. The van der Waals surface area contributed by atoms with Crippen LogP contribution in [0.25, 0.3) is 0 Å². The molecule has 1 aliphatic heterocycles. The van der Waals surface area contributed by atoms with Crippen molar-refractivity contribution >= 4 is 34.9 Å². The predicted octanol–water partition coefficient (Wildman–Crippen LogP) is 2.92. The summed E-state index contributed by atoms with van der Waals surface area (Å²) in [6.45, 7) is -0.676. The average Bonchev–Trinajstić information content (AvgIpc) is 3.12. The van der Waals surface area contributed by atoms with Crippen LogP contribution < -0.4 is 0 Å². The van der Waals surface area contributed by atoms with E-state index in [1.54, 1.807) is 0 Å². The third-order valence-corrected chi connectivity index (χ3v) is 6.31. The number of hydrogen-bond donors (Lipinski definition) is 0. The minimum Gasteiger partial charge on any atom is -0.292 e. The molecular weight excluding hydrogens is 460 g/mol. The Balaban J connectivity index is 1.67. The molecule has 4 rings (SSSR count). The standard InChI is InChI=1S/C23H20N4O8/c28-20(14-5-9-16(10-6-14)26(32)33)13-24(21(29)15-7-11-17(12-8-15)27(34)35)25-22(30)18-3-1-2-4-19(18)23(25)31/h5-12,18-19H,1-4,13H2/t18-,19-/m1/s1.